The molecule has 1 heterocycles. The van der Waals surface area contributed by atoms with E-state index in [1.165, 1.54) is 0 Å². The summed E-state index contributed by atoms with van der Waals surface area (Å²) in [7, 11) is 0. The van der Waals surface area contributed by atoms with E-state index in [9.17, 15) is 13.2 Å². The molecule has 0 aliphatic carbocycles. The molecule has 0 bridgehead atoms. The molecule has 0 aliphatic rings. The number of nitrogens with zero attached hydrogens (tertiary/aromatic N) is 2. The summed E-state index contributed by atoms with van der Waals surface area (Å²) >= 11 is 0. The molecule has 0 radical (unpaired) electrons. The van der Waals surface area contributed by atoms with Crippen LogP contribution in [0.25, 0.3) is 0 Å². The highest BCUT2D eigenvalue weighted by Gasteiger charge is 2.38. The number of halogens is 3. The van der Waals surface area contributed by atoms with Gasteiger partial charge in [-0.15, -0.1) is 0 Å². The average molecular weight is 209 g/mol. The molecule has 1 atom stereocenters. The van der Waals surface area contributed by atoms with E-state index in [4.69, 9.17) is 5.73 Å². The molecule has 0 saturated heterocycles. The second-order valence-corrected chi connectivity index (χ2v) is 2.85. The van der Waals surface area contributed by atoms with Crippen LogP contribution in [0.5, 0.6) is 0 Å². The molecule has 1 aromatic rings. The van der Waals surface area contributed by atoms with Crippen molar-refractivity contribution in [2.24, 2.45) is 5.73 Å². The Morgan fingerprint density at radius 1 is 1.50 bits per heavy atom. The molecule has 0 spiro atoms. The van der Waals surface area contributed by atoms with Crippen molar-refractivity contribution in [2.75, 3.05) is 0 Å². The molecule has 0 fully saturated rings. The van der Waals surface area contributed by atoms with Crippen LogP contribution in [0.4, 0.5) is 13.2 Å². The zero-order valence-electron chi connectivity index (χ0n) is 7.51. The lowest BCUT2D eigenvalue weighted by molar-refractivity contribution is -0.159. The van der Waals surface area contributed by atoms with Crippen molar-refractivity contribution in [3.8, 4) is 0 Å². The van der Waals surface area contributed by atoms with Crippen molar-refractivity contribution in [3.05, 3.63) is 11.7 Å². The van der Waals surface area contributed by atoms with Gasteiger partial charge in [-0.25, -0.2) is 0 Å². The number of hydrogen-bond acceptors (Lipinski definition) is 4. The summed E-state index contributed by atoms with van der Waals surface area (Å²) in [4.78, 5) is 3.17. The zero-order valence-corrected chi connectivity index (χ0v) is 7.51. The molecule has 2 N–H and O–H groups in total. The lowest BCUT2D eigenvalue weighted by Gasteiger charge is -2.02. The third kappa shape index (κ3) is 2.44. The second-order valence-electron chi connectivity index (χ2n) is 2.85. The third-order valence-electron chi connectivity index (χ3n) is 1.62. The van der Waals surface area contributed by atoms with Crippen LogP contribution in [0.1, 0.15) is 37.5 Å². The second kappa shape index (κ2) is 3.95. The SMILES string of the molecule is CCCC(N)c1noc(C(F)(F)F)n1. The fourth-order valence-corrected chi connectivity index (χ4v) is 0.941. The molecule has 0 aromatic carbocycles. The van der Waals surface area contributed by atoms with Gasteiger partial charge in [0.05, 0.1) is 6.04 Å². The molecule has 0 aliphatic heterocycles. The van der Waals surface area contributed by atoms with Gasteiger partial charge in [-0.3, -0.25) is 0 Å². The van der Waals surface area contributed by atoms with Gasteiger partial charge < -0.3 is 10.3 Å². The maximum Gasteiger partial charge on any atom is 0.471 e. The molecule has 4 nitrogen and oxygen atoms in total. The van der Waals surface area contributed by atoms with Crippen LogP contribution in [0.15, 0.2) is 4.52 Å². The van der Waals surface area contributed by atoms with E-state index < -0.39 is 18.1 Å². The molecule has 1 aromatic heterocycles. The standard InChI is InChI=1S/C7H10F3N3O/c1-2-3-4(11)5-12-6(14-13-5)7(8,9)10/h4H,2-3,11H2,1H3. The van der Waals surface area contributed by atoms with Gasteiger partial charge in [0.15, 0.2) is 5.82 Å². The summed E-state index contributed by atoms with van der Waals surface area (Å²) < 4.78 is 40.1. The molecule has 1 rings (SSSR count). The third-order valence-corrected chi connectivity index (χ3v) is 1.62. The largest absolute Gasteiger partial charge is 0.471 e. The van der Waals surface area contributed by atoms with Gasteiger partial charge in [-0.05, 0) is 6.42 Å². The summed E-state index contributed by atoms with van der Waals surface area (Å²) in [6.07, 6.45) is -3.33. The van der Waals surface area contributed by atoms with Crippen molar-refractivity contribution in [1.29, 1.82) is 0 Å². The zero-order chi connectivity index (χ0) is 10.8. The first-order valence-electron chi connectivity index (χ1n) is 4.11. The summed E-state index contributed by atoms with van der Waals surface area (Å²) in [6.45, 7) is 1.87. The Bertz CT molecular complexity index is 297. The molecule has 14 heavy (non-hydrogen) atoms. The number of alkyl halides is 3. The fourth-order valence-electron chi connectivity index (χ4n) is 0.941. The number of nitrogens with two attached hydrogens (primary N) is 1. The van der Waals surface area contributed by atoms with Crippen LogP contribution in [-0.4, -0.2) is 10.1 Å². The summed E-state index contributed by atoms with van der Waals surface area (Å²) in [5.41, 5.74) is 5.51. The van der Waals surface area contributed by atoms with Gasteiger partial charge in [-0.2, -0.15) is 18.2 Å². The highest BCUT2D eigenvalue weighted by Crippen LogP contribution is 2.28. The van der Waals surface area contributed by atoms with E-state index in [-0.39, 0.29) is 5.82 Å². The van der Waals surface area contributed by atoms with E-state index >= 15 is 0 Å². The van der Waals surface area contributed by atoms with Crippen molar-refractivity contribution < 1.29 is 17.7 Å². The van der Waals surface area contributed by atoms with E-state index in [1.807, 2.05) is 6.92 Å². The minimum atomic E-state index is -4.60. The molecule has 1 unspecified atom stereocenters. The molecule has 0 saturated carbocycles. The molecule has 7 heteroatoms. The Hall–Kier alpha value is -1.11. The lowest BCUT2D eigenvalue weighted by Crippen LogP contribution is -2.12. The van der Waals surface area contributed by atoms with Crippen LogP contribution in [0, 0.1) is 0 Å². The predicted molar refractivity (Wildman–Crippen MR) is 41.1 cm³/mol. The van der Waals surface area contributed by atoms with E-state index in [0.29, 0.717) is 6.42 Å². The first-order valence-corrected chi connectivity index (χ1v) is 4.11. The van der Waals surface area contributed by atoms with Crippen molar-refractivity contribution in [3.63, 3.8) is 0 Å². The van der Waals surface area contributed by atoms with Crippen LogP contribution in [-0.2, 0) is 6.18 Å². The Labute approximate surface area is 78.3 Å². The van der Waals surface area contributed by atoms with Crippen LogP contribution in [0.3, 0.4) is 0 Å². The number of rotatable bonds is 3. The van der Waals surface area contributed by atoms with Gasteiger partial charge in [0.25, 0.3) is 0 Å². The van der Waals surface area contributed by atoms with Gasteiger partial charge in [0.1, 0.15) is 0 Å². The van der Waals surface area contributed by atoms with Crippen LogP contribution >= 0.6 is 0 Å². The fraction of sp³-hybridized carbons (Fsp3) is 0.714. The van der Waals surface area contributed by atoms with Crippen LogP contribution in [0.2, 0.25) is 0 Å². The quantitative estimate of drug-likeness (QED) is 0.825. The predicted octanol–water partition coefficient (Wildman–Crippen LogP) is 1.89. The normalized spacial score (nSPS) is 14.4. The average Bonchev–Trinajstić information content (AvgIpc) is 2.51. The Balaban J connectivity index is 2.78. The van der Waals surface area contributed by atoms with E-state index in [2.05, 4.69) is 14.7 Å². The minimum absolute atomic E-state index is 0.0980. The van der Waals surface area contributed by atoms with E-state index in [0.717, 1.165) is 6.42 Å². The summed E-state index contributed by atoms with van der Waals surface area (Å²) in [5, 5.41) is 3.17. The maximum atomic E-state index is 12.0. The highest BCUT2D eigenvalue weighted by molar-refractivity contribution is 4.94. The topological polar surface area (TPSA) is 64.9 Å². The van der Waals surface area contributed by atoms with Crippen LogP contribution < -0.4 is 5.73 Å². The highest BCUT2D eigenvalue weighted by atomic mass is 19.4. The Morgan fingerprint density at radius 2 is 2.14 bits per heavy atom. The monoisotopic (exact) mass is 209 g/mol. The maximum absolute atomic E-state index is 12.0. The van der Waals surface area contributed by atoms with Crippen molar-refractivity contribution in [1.82, 2.24) is 10.1 Å². The summed E-state index contributed by atoms with van der Waals surface area (Å²) in [6, 6.07) is -0.597. The first-order chi connectivity index (χ1) is 6.45. The number of hydrogen-bond donors (Lipinski definition) is 1. The van der Waals surface area contributed by atoms with Crippen molar-refractivity contribution in [2.45, 2.75) is 32.0 Å². The van der Waals surface area contributed by atoms with Gasteiger partial charge in [0.2, 0.25) is 0 Å². The van der Waals surface area contributed by atoms with Gasteiger partial charge in [0, 0.05) is 0 Å². The molecular formula is C7H10F3N3O. The smallest absolute Gasteiger partial charge is 0.329 e. The van der Waals surface area contributed by atoms with Crippen molar-refractivity contribution >= 4 is 0 Å². The van der Waals surface area contributed by atoms with Gasteiger partial charge >= 0.3 is 12.1 Å². The molecular weight excluding hydrogens is 199 g/mol. The Kier molecular flexibility index (Phi) is 3.10. The van der Waals surface area contributed by atoms with E-state index in [1.54, 1.807) is 0 Å². The minimum Gasteiger partial charge on any atom is -0.329 e. The first kappa shape index (κ1) is 11.0. The summed E-state index contributed by atoms with van der Waals surface area (Å²) in [5.74, 6) is -1.45. The Morgan fingerprint density at radius 3 is 2.57 bits per heavy atom. The van der Waals surface area contributed by atoms with Gasteiger partial charge in [-0.1, -0.05) is 18.5 Å². The number of aromatic nitrogens is 2. The molecule has 0 amide bonds. The lowest BCUT2D eigenvalue weighted by atomic mass is 10.2. The molecule has 80 valence electrons.